The number of anilines is 2. The highest BCUT2D eigenvalue weighted by Gasteiger charge is 2.37. The first-order chi connectivity index (χ1) is 9.03. The Morgan fingerprint density at radius 2 is 2.26 bits per heavy atom. The summed E-state index contributed by atoms with van der Waals surface area (Å²) in [6.07, 6.45) is 2.24. The van der Waals surface area contributed by atoms with Gasteiger partial charge in [0.05, 0.1) is 11.6 Å². The van der Waals surface area contributed by atoms with Crippen LogP contribution in [0.2, 0.25) is 0 Å². The molecule has 0 aliphatic carbocycles. The Labute approximate surface area is 115 Å². The number of nitrogens with zero attached hydrogens (tertiary/aromatic N) is 2. The number of aromatic nitrogens is 2. The third-order valence-electron chi connectivity index (χ3n) is 3.69. The number of rotatable bonds is 5. The third kappa shape index (κ3) is 3.35. The number of ether oxygens (including phenoxy) is 1. The molecule has 0 radical (unpaired) electrons. The first-order valence-corrected chi connectivity index (χ1v) is 7.03. The van der Waals surface area contributed by atoms with Crippen molar-refractivity contribution in [1.82, 2.24) is 9.97 Å². The predicted molar refractivity (Wildman–Crippen MR) is 77.6 cm³/mol. The van der Waals surface area contributed by atoms with E-state index in [0.29, 0.717) is 5.95 Å². The second kappa shape index (κ2) is 5.74. The summed E-state index contributed by atoms with van der Waals surface area (Å²) in [6.45, 7) is 10.1. The zero-order chi connectivity index (χ0) is 13.9. The van der Waals surface area contributed by atoms with Crippen LogP contribution in [0.25, 0.3) is 0 Å². The molecule has 2 heterocycles. The Bertz CT molecular complexity index is 437. The molecule has 1 fully saturated rings. The summed E-state index contributed by atoms with van der Waals surface area (Å²) in [4.78, 5) is 8.92. The normalized spacial score (nSPS) is 26.4. The van der Waals surface area contributed by atoms with Crippen molar-refractivity contribution in [2.75, 3.05) is 23.8 Å². The van der Waals surface area contributed by atoms with Gasteiger partial charge < -0.3 is 15.4 Å². The molecule has 2 N–H and O–H groups in total. The summed E-state index contributed by atoms with van der Waals surface area (Å²) in [7, 11) is 0. The minimum absolute atomic E-state index is 0.0528. The molecule has 1 aliphatic rings. The van der Waals surface area contributed by atoms with Crippen molar-refractivity contribution in [3.05, 3.63) is 11.8 Å². The average Bonchev–Trinajstić information content (AvgIpc) is 2.66. The van der Waals surface area contributed by atoms with Gasteiger partial charge in [-0.05, 0) is 33.6 Å². The van der Waals surface area contributed by atoms with Gasteiger partial charge in [-0.1, -0.05) is 6.92 Å². The lowest BCUT2D eigenvalue weighted by Crippen LogP contribution is -2.41. The minimum atomic E-state index is -0.0528. The molecule has 2 unspecified atom stereocenters. The monoisotopic (exact) mass is 264 g/mol. The molecule has 5 heteroatoms. The van der Waals surface area contributed by atoms with Crippen molar-refractivity contribution in [2.45, 2.75) is 52.2 Å². The van der Waals surface area contributed by atoms with Gasteiger partial charge in [-0.25, -0.2) is 4.98 Å². The topological polar surface area (TPSA) is 59.1 Å². The van der Waals surface area contributed by atoms with Crippen molar-refractivity contribution in [1.29, 1.82) is 0 Å². The molecule has 0 bridgehead atoms. The molecule has 1 aromatic heterocycles. The van der Waals surface area contributed by atoms with Crippen molar-refractivity contribution in [2.24, 2.45) is 0 Å². The fourth-order valence-electron chi connectivity index (χ4n) is 2.24. The molecule has 1 aliphatic heterocycles. The highest BCUT2D eigenvalue weighted by molar-refractivity contribution is 5.44. The van der Waals surface area contributed by atoms with E-state index in [4.69, 9.17) is 4.74 Å². The fourth-order valence-corrected chi connectivity index (χ4v) is 2.24. The van der Waals surface area contributed by atoms with Crippen LogP contribution in [0.5, 0.6) is 0 Å². The minimum Gasteiger partial charge on any atom is -0.376 e. The van der Waals surface area contributed by atoms with Crippen LogP contribution < -0.4 is 10.6 Å². The summed E-state index contributed by atoms with van der Waals surface area (Å²) in [5.74, 6) is 1.56. The number of nitrogens with one attached hydrogen (secondary N) is 2. The van der Waals surface area contributed by atoms with Crippen molar-refractivity contribution in [3.63, 3.8) is 0 Å². The lowest BCUT2D eigenvalue weighted by Gasteiger charge is -2.29. The van der Waals surface area contributed by atoms with Gasteiger partial charge in [-0.3, -0.25) is 0 Å². The van der Waals surface area contributed by atoms with Crippen molar-refractivity contribution >= 4 is 11.8 Å². The van der Waals surface area contributed by atoms with Crippen LogP contribution >= 0.6 is 0 Å². The molecular formula is C14H24N4O. The van der Waals surface area contributed by atoms with E-state index in [1.54, 1.807) is 0 Å². The maximum Gasteiger partial charge on any atom is 0.224 e. The van der Waals surface area contributed by atoms with Crippen molar-refractivity contribution < 1.29 is 4.74 Å². The average molecular weight is 264 g/mol. The highest BCUT2D eigenvalue weighted by Crippen LogP contribution is 2.29. The Morgan fingerprint density at radius 3 is 2.89 bits per heavy atom. The van der Waals surface area contributed by atoms with E-state index in [1.165, 1.54) is 0 Å². The third-order valence-corrected chi connectivity index (χ3v) is 3.69. The fraction of sp³-hybridized carbons (Fsp3) is 0.714. The Morgan fingerprint density at radius 1 is 1.47 bits per heavy atom. The molecule has 0 amide bonds. The summed E-state index contributed by atoms with van der Waals surface area (Å²) in [5.41, 5.74) is 0.911. The molecule has 5 nitrogen and oxygen atoms in total. The van der Waals surface area contributed by atoms with E-state index >= 15 is 0 Å². The maximum atomic E-state index is 5.64. The smallest absolute Gasteiger partial charge is 0.224 e. The van der Waals surface area contributed by atoms with E-state index in [-0.39, 0.29) is 11.6 Å². The first-order valence-electron chi connectivity index (χ1n) is 7.03. The highest BCUT2D eigenvalue weighted by atomic mass is 16.5. The van der Waals surface area contributed by atoms with Crippen LogP contribution in [0, 0.1) is 6.92 Å². The summed E-state index contributed by atoms with van der Waals surface area (Å²) >= 11 is 0. The van der Waals surface area contributed by atoms with E-state index in [0.717, 1.165) is 37.5 Å². The predicted octanol–water partition coefficient (Wildman–Crippen LogP) is 2.59. The standard InChI is InChI=1S/C14H24N4O/c1-5-7-15-13-16-10(2)9-12(17-13)18-14(4)6-8-19-11(14)3/h9,11H,5-8H2,1-4H3,(H2,15,16,17,18). The maximum absolute atomic E-state index is 5.64. The molecule has 2 atom stereocenters. The van der Waals surface area contributed by atoms with Crippen LogP contribution in [0.4, 0.5) is 11.8 Å². The SMILES string of the molecule is CCCNc1nc(C)cc(NC2(C)CCOC2C)n1. The van der Waals surface area contributed by atoms with Gasteiger partial charge in [-0.15, -0.1) is 0 Å². The van der Waals surface area contributed by atoms with Gasteiger partial charge in [0.1, 0.15) is 5.82 Å². The van der Waals surface area contributed by atoms with Gasteiger partial charge in [0.15, 0.2) is 0 Å². The zero-order valence-electron chi connectivity index (χ0n) is 12.3. The van der Waals surface area contributed by atoms with Crippen LogP contribution in [0.15, 0.2) is 6.07 Å². The van der Waals surface area contributed by atoms with Gasteiger partial charge in [0.25, 0.3) is 0 Å². The second-order valence-corrected chi connectivity index (χ2v) is 5.45. The summed E-state index contributed by atoms with van der Waals surface area (Å²) in [6, 6.07) is 1.98. The second-order valence-electron chi connectivity index (χ2n) is 5.45. The van der Waals surface area contributed by atoms with Gasteiger partial charge in [0.2, 0.25) is 5.95 Å². The van der Waals surface area contributed by atoms with Gasteiger partial charge in [0, 0.05) is 24.9 Å². The molecule has 2 rings (SSSR count). The Balaban J connectivity index is 2.13. The zero-order valence-corrected chi connectivity index (χ0v) is 12.3. The first kappa shape index (κ1) is 14.1. The van der Waals surface area contributed by atoms with E-state index in [1.807, 2.05) is 13.0 Å². The van der Waals surface area contributed by atoms with Gasteiger partial charge in [-0.2, -0.15) is 4.98 Å². The quantitative estimate of drug-likeness (QED) is 0.856. The van der Waals surface area contributed by atoms with Crippen LogP contribution in [0.3, 0.4) is 0 Å². The molecule has 1 aromatic rings. The molecule has 0 aromatic carbocycles. The van der Waals surface area contributed by atoms with Crippen LogP contribution in [-0.2, 0) is 4.74 Å². The number of hydrogen-bond acceptors (Lipinski definition) is 5. The van der Waals surface area contributed by atoms with Gasteiger partial charge >= 0.3 is 0 Å². The number of aryl methyl sites for hydroxylation is 1. The Hall–Kier alpha value is -1.36. The molecule has 0 spiro atoms. The lowest BCUT2D eigenvalue weighted by atomic mass is 9.95. The van der Waals surface area contributed by atoms with E-state index in [2.05, 4.69) is 41.4 Å². The van der Waals surface area contributed by atoms with Crippen LogP contribution in [0.1, 0.15) is 39.3 Å². The lowest BCUT2D eigenvalue weighted by molar-refractivity contribution is 0.105. The summed E-state index contributed by atoms with van der Waals surface area (Å²) in [5, 5.41) is 6.74. The van der Waals surface area contributed by atoms with Crippen LogP contribution in [-0.4, -0.2) is 34.8 Å². The largest absolute Gasteiger partial charge is 0.376 e. The molecule has 0 saturated carbocycles. The summed E-state index contributed by atoms with van der Waals surface area (Å²) < 4.78 is 5.64. The van der Waals surface area contributed by atoms with E-state index in [9.17, 15) is 0 Å². The Kier molecular flexibility index (Phi) is 4.24. The molecular weight excluding hydrogens is 240 g/mol. The molecule has 1 saturated heterocycles. The van der Waals surface area contributed by atoms with E-state index < -0.39 is 0 Å². The molecule has 106 valence electrons. The molecule has 19 heavy (non-hydrogen) atoms. The van der Waals surface area contributed by atoms with Crippen molar-refractivity contribution in [3.8, 4) is 0 Å². The number of hydrogen-bond donors (Lipinski definition) is 2.